The van der Waals surface area contributed by atoms with E-state index in [9.17, 15) is 0 Å². The molecule has 4 aromatic rings. The largest absolute Gasteiger partial charge is 0.235 e. The van der Waals surface area contributed by atoms with E-state index in [0.29, 0.717) is 0 Å². The Balaban J connectivity index is 1.60. The van der Waals surface area contributed by atoms with Gasteiger partial charge in [-0.2, -0.15) is 0 Å². The fourth-order valence-electron chi connectivity index (χ4n) is 2.29. The van der Waals surface area contributed by atoms with Gasteiger partial charge in [-0.3, -0.25) is 0 Å². The van der Waals surface area contributed by atoms with Crippen LogP contribution in [0.2, 0.25) is 5.02 Å². The van der Waals surface area contributed by atoms with Crippen LogP contribution in [0.3, 0.4) is 0 Å². The molecule has 4 rings (SSSR count). The molecule has 0 saturated carbocycles. The van der Waals surface area contributed by atoms with Gasteiger partial charge < -0.3 is 0 Å². The maximum absolute atomic E-state index is 5.90. The lowest BCUT2D eigenvalue weighted by Gasteiger charge is -1.93. The summed E-state index contributed by atoms with van der Waals surface area (Å²) < 4.78 is 1.26. The Morgan fingerprint density at radius 3 is 2.39 bits per heavy atom. The molecule has 0 aliphatic carbocycles. The molecule has 2 heterocycles. The van der Waals surface area contributed by atoms with Crippen LogP contribution in [-0.2, 0) is 0 Å². The van der Waals surface area contributed by atoms with Gasteiger partial charge in [0.05, 0.1) is 5.52 Å². The van der Waals surface area contributed by atoms with Gasteiger partial charge in [-0.15, -0.1) is 22.7 Å². The summed E-state index contributed by atoms with van der Waals surface area (Å²) >= 11 is 9.43. The zero-order chi connectivity index (χ0) is 15.6. The van der Waals surface area contributed by atoms with Crippen molar-refractivity contribution in [3.8, 4) is 10.6 Å². The maximum Gasteiger partial charge on any atom is 0.125 e. The molecule has 0 saturated heterocycles. The first-order valence-corrected chi connectivity index (χ1v) is 9.18. The van der Waals surface area contributed by atoms with Gasteiger partial charge in [0.25, 0.3) is 0 Å². The molecule has 0 aliphatic heterocycles. The van der Waals surface area contributed by atoms with E-state index in [1.807, 2.05) is 42.5 Å². The summed E-state index contributed by atoms with van der Waals surface area (Å²) in [5, 5.41) is 1.84. The SMILES string of the molecule is Clc1ccc(/C=C/c2cc3nc(-c4ccccc4)sc3s2)cc1. The molecule has 1 nitrogen and oxygen atoms in total. The fourth-order valence-corrected chi connectivity index (χ4v) is 4.62. The smallest absolute Gasteiger partial charge is 0.125 e. The second kappa shape index (κ2) is 6.28. The van der Waals surface area contributed by atoms with Crippen molar-refractivity contribution in [1.29, 1.82) is 0 Å². The van der Waals surface area contributed by atoms with Crippen LogP contribution in [0.15, 0.2) is 60.7 Å². The highest BCUT2D eigenvalue weighted by Gasteiger charge is 2.08. The van der Waals surface area contributed by atoms with Gasteiger partial charge in [0.15, 0.2) is 0 Å². The van der Waals surface area contributed by atoms with Gasteiger partial charge in [-0.1, -0.05) is 60.1 Å². The Kier molecular flexibility index (Phi) is 4.00. The monoisotopic (exact) mass is 353 g/mol. The molecule has 23 heavy (non-hydrogen) atoms. The number of halogens is 1. The quantitative estimate of drug-likeness (QED) is 0.392. The lowest BCUT2D eigenvalue weighted by molar-refractivity contribution is 1.48. The molecular formula is C19H12ClNS2. The van der Waals surface area contributed by atoms with E-state index >= 15 is 0 Å². The first kappa shape index (κ1) is 14.6. The third kappa shape index (κ3) is 3.22. The van der Waals surface area contributed by atoms with Crippen molar-refractivity contribution in [2.45, 2.75) is 0 Å². The number of aromatic nitrogens is 1. The molecule has 0 spiro atoms. The Hall–Kier alpha value is -1.94. The van der Waals surface area contributed by atoms with Gasteiger partial charge in [0, 0.05) is 15.5 Å². The van der Waals surface area contributed by atoms with Gasteiger partial charge in [-0.05, 0) is 29.8 Å². The average Bonchev–Trinajstić information content (AvgIpc) is 3.14. The van der Waals surface area contributed by atoms with E-state index in [2.05, 4.69) is 30.4 Å². The van der Waals surface area contributed by atoms with Gasteiger partial charge in [0.1, 0.15) is 9.02 Å². The van der Waals surface area contributed by atoms with Gasteiger partial charge in [-0.25, -0.2) is 4.98 Å². The van der Waals surface area contributed by atoms with Crippen LogP contribution in [0.4, 0.5) is 0 Å². The van der Waals surface area contributed by atoms with Crippen molar-refractivity contribution in [1.82, 2.24) is 4.98 Å². The van der Waals surface area contributed by atoms with Crippen LogP contribution >= 0.6 is 34.3 Å². The van der Waals surface area contributed by atoms with E-state index in [1.54, 1.807) is 22.7 Å². The predicted molar refractivity (Wildman–Crippen MR) is 103 cm³/mol. The minimum absolute atomic E-state index is 0.761. The maximum atomic E-state index is 5.90. The summed E-state index contributed by atoms with van der Waals surface area (Å²) in [6.45, 7) is 0. The van der Waals surface area contributed by atoms with Crippen molar-refractivity contribution in [2.75, 3.05) is 0 Å². The molecule has 0 atom stereocenters. The lowest BCUT2D eigenvalue weighted by Crippen LogP contribution is -1.73. The van der Waals surface area contributed by atoms with Crippen LogP contribution in [0, 0.1) is 0 Å². The summed E-state index contributed by atoms with van der Waals surface area (Å²) in [6, 6.07) is 20.3. The molecule has 0 radical (unpaired) electrons. The summed E-state index contributed by atoms with van der Waals surface area (Å²) in [5.74, 6) is 0. The summed E-state index contributed by atoms with van der Waals surface area (Å²) in [7, 11) is 0. The third-order valence-electron chi connectivity index (χ3n) is 3.44. The number of hydrogen-bond donors (Lipinski definition) is 0. The molecular weight excluding hydrogens is 342 g/mol. The Morgan fingerprint density at radius 1 is 0.870 bits per heavy atom. The summed E-state index contributed by atoms with van der Waals surface area (Å²) in [5.41, 5.74) is 3.40. The number of nitrogens with zero attached hydrogens (tertiary/aromatic N) is 1. The van der Waals surface area contributed by atoms with Gasteiger partial charge in [0.2, 0.25) is 0 Å². The van der Waals surface area contributed by atoms with Crippen LogP contribution in [-0.4, -0.2) is 4.98 Å². The first-order chi connectivity index (χ1) is 11.3. The van der Waals surface area contributed by atoms with E-state index < -0.39 is 0 Å². The van der Waals surface area contributed by atoms with Crippen LogP contribution in [0.1, 0.15) is 10.4 Å². The minimum atomic E-state index is 0.761. The number of hydrogen-bond acceptors (Lipinski definition) is 3. The molecule has 0 N–H and O–H groups in total. The molecule has 0 fully saturated rings. The Bertz CT molecular complexity index is 934. The van der Waals surface area contributed by atoms with Crippen LogP contribution in [0.5, 0.6) is 0 Å². The van der Waals surface area contributed by atoms with Gasteiger partial charge >= 0.3 is 0 Å². The highest BCUT2D eigenvalue weighted by atomic mass is 35.5. The van der Waals surface area contributed by atoms with Crippen molar-refractivity contribution < 1.29 is 0 Å². The molecule has 4 heteroatoms. The highest BCUT2D eigenvalue weighted by Crippen LogP contribution is 2.36. The number of fused-ring (bicyclic) bond motifs is 1. The summed E-state index contributed by atoms with van der Waals surface area (Å²) in [6.07, 6.45) is 4.23. The molecule has 0 unspecified atom stereocenters. The zero-order valence-electron chi connectivity index (χ0n) is 12.1. The van der Waals surface area contributed by atoms with Crippen LogP contribution in [0.25, 0.3) is 32.3 Å². The average molecular weight is 354 g/mol. The fraction of sp³-hybridized carbons (Fsp3) is 0. The topological polar surface area (TPSA) is 12.9 Å². The standard InChI is InChI=1S/C19H12ClNS2/c20-15-9-6-13(7-10-15)8-11-16-12-17-19(22-16)23-18(21-17)14-4-2-1-3-5-14/h1-12H/b11-8+. The van der Waals surface area contributed by atoms with E-state index in [0.717, 1.165) is 21.1 Å². The highest BCUT2D eigenvalue weighted by molar-refractivity contribution is 7.39. The number of rotatable bonds is 3. The zero-order valence-corrected chi connectivity index (χ0v) is 14.5. The Labute approximate surface area is 147 Å². The second-order valence-corrected chi connectivity index (χ2v) is 7.87. The lowest BCUT2D eigenvalue weighted by atomic mass is 10.2. The molecule has 2 aromatic carbocycles. The van der Waals surface area contributed by atoms with Crippen molar-refractivity contribution in [3.05, 3.63) is 76.1 Å². The minimum Gasteiger partial charge on any atom is -0.235 e. The number of thiophene rings is 1. The van der Waals surface area contributed by atoms with Crippen LogP contribution < -0.4 is 0 Å². The molecule has 2 aromatic heterocycles. The predicted octanol–water partition coefficient (Wildman–Crippen LogP) is 6.85. The second-order valence-electron chi connectivity index (χ2n) is 5.09. The van der Waals surface area contributed by atoms with E-state index in [-0.39, 0.29) is 0 Å². The first-order valence-electron chi connectivity index (χ1n) is 7.17. The molecule has 0 bridgehead atoms. The number of thiazole rings is 1. The number of benzene rings is 2. The van der Waals surface area contributed by atoms with Crippen molar-refractivity contribution in [2.24, 2.45) is 0 Å². The van der Waals surface area contributed by atoms with E-state index in [1.165, 1.54) is 14.5 Å². The summed E-state index contributed by atoms with van der Waals surface area (Å²) in [4.78, 5) is 5.96. The Morgan fingerprint density at radius 2 is 1.65 bits per heavy atom. The molecule has 0 amide bonds. The van der Waals surface area contributed by atoms with Crippen molar-refractivity contribution >= 4 is 56.0 Å². The van der Waals surface area contributed by atoms with Crippen molar-refractivity contribution in [3.63, 3.8) is 0 Å². The molecule has 112 valence electrons. The molecule has 0 aliphatic rings. The third-order valence-corrected chi connectivity index (χ3v) is 5.99. The normalized spacial score (nSPS) is 11.5. The van der Waals surface area contributed by atoms with E-state index in [4.69, 9.17) is 16.6 Å².